The number of hydrogen-bond acceptors (Lipinski definition) is 7. The molecule has 4 aromatic rings. The highest BCUT2D eigenvalue weighted by Crippen LogP contribution is 2.20. The summed E-state index contributed by atoms with van der Waals surface area (Å²) >= 11 is 0. The van der Waals surface area contributed by atoms with Gasteiger partial charge in [0.2, 0.25) is 16.0 Å². The summed E-state index contributed by atoms with van der Waals surface area (Å²) in [7, 11) is -3.78. The molecule has 1 aliphatic rings. The molecule has 1 fully saturated rings. The largest absolute Gasteiger partial charge is 0.336 e. The van der Waals surface area contributed by atoms with Crippen LogP contribution in [0.25, 0.3) is 11.5 Å². The summed E-state index contributed by atoms with van der Waals surface area (Å²) in [5.74, 6) is -0.118. The summed E-state index contributed by atoms with van der Waals surface area (Å²) in [5, 5.41) is 17.6. The summed E-state index contributed by atoms with van der Waals surface area (Å²) in [6.07, 6.45) is 3.05. The predicted molar refractivity (Wildman–Crippen MR) is 123 cm³/mol. The van der Waals surface area contributed by atoms with Gasteiger partial charge in [0.1, 0.15) is 5.52 Å². The molecular formula is C22H20N8O4S. The fourth-order valence-corrected chi connectivity index (χ4v) is 5.51. The van der Waals surface area contributed by atoms with Crippen LogP contribution in [0.5, 0.6) is 0 Å². The Kier molecular flexibility index (Phi) is 5.46. The smallest absolute Gasteiger partial charge is 0.276 e. The van der Waals surface area contributed by atoms with Gasteiger partial charge in [0.25, 0.3) is 11.5 Å². The quantitative estimate of drug-likeness (QED) is 0.437. The molecule has 0 saturated carbocycles. The number of fused-ring (bicyclic) bond motifs is 1. The minimum Gasteiger partial charge on any atom is -0.336 e. The van der Waals surface area contributed by atoms with Crippen molar-refractivity contribution in [2.24, 2.45) is 0 Å². The Balaban J connectivity index is 1.33. The molecular weight excluding hydrogens is 472 g/mol. The molecule has 4 heterocycles. The van der Waals surface area contributed by atoms with Crippen LogP contribution in [0.3, 0.4) is 0 Å². The zero-order valence-electron chi connectivity index (χ0n) is 18.6. The van der Waals surface area contributed by atoms with E-state index in [1.54, 1.807) is 36.2 Å². The second kappa shape index (κ2) is 8.49. The lowest BCUT2D eigenvalue weighted by Crippen LogP contribution is -2.50. The van der Waals surface area contributed by atoms with Gasteiger partial charge in [-0.05, 0) is 37.3 Å². The normalized spacial score (nSPS) is 14.8. The summed E-state index contributed by atoms with van der Waals surface area (Å²) in [5.41, 5.74) is 1.15. The number of benzene rings is 1. The van der Waals surface area contributed by atoms with Gasteiger partial charge in [0.05, 0.1) is 34.0 Å². The van der Waals surface area contributed by atoms with E-state index < -0.39 is 10.0 Å². The molecule has 178 valence electrons. The van der Waals surface area contributed by atoms with Gasteiger partial charge in [-0.15, -0.1) is 5.10 Å². The molecule has 0 atom stereocenters. The predicted octanol–water partition coefficient (Wildman–Crippen LogP) is 0.535. The average molecular weight is 493 g/mol. The number of H-pyrrole nitrogens is 1. The van der Waals surface area contributed by atoms with Crippen molar-refractivity contribution in [1.29, 1.82) is 5.26 Å². The zero-order chi connectivity index (χ0) is 24.7. The van der Waals surface area contributed by atoms with Crippen molar-refractivity contribution >= 4 is 21.4 Å². The van der Waals surface area contributed by atoms with E-state index in [0.29, 0.717) is 16.8 Å². The molecule has 0 radical (unpaired) electrons. The van der Waals surface area contributed by atoms with Crippen molar-refractivity contribution < 1.29 is 13.2 Å². The maximum atomic E-state index is 13.2. The van der Waals surface area contributed by atoms with Gasteiger partial charge in [-0.25, -0.2) is 17.6 Å². The Bertz CT molecular complexity index is 1650. The van der Waals surface area contributed by atoms with Crippen molar-refractivity contribution in [1.82, 2.24) is 33.6 Å². The van der Waals surface area contributed by atoms with Gasteiger partial charge in [0.15, 0.2) is 0 Å². The highest BCUT2D eigenvalue weighted by molar-refractivity contribution is 7.89. The van der Waals surface area contributed by atoms with Crippen LogP contribution in [0.2, 0.25) is 0 Å². The summed E-state index contributed by atoms with van der Waals surface area (Å²) in [4.78, 5) is 29.7. The lowest BCUT2D eigenvalue weighted by atomic mass is 10.2. The molecule has 0 bridgehead atoms. The number of carbonyl (C=O) groups excluding carboxylic acids is 1. The minimum absolute atomic E-state index is 0.0506. The number of amides is 1. The van der Waals surface area contributed by atoms with Crippen molar-refractivity contribution in [2.75, 3.05) is 26.2 Å². The molecule has 1 N–H and O–H groups in total. The van der Waals surface area contributed by atoms with Crippen LogP contribution in [0.15, 0.2) is 58.5 Å². The molecule has 1 amide bonds. The number of piperazine rings is 1. The van der Waals surface area contributed by atoms with Crippen LogP contribution in [0, 0.1) is 18.3 Å². The Labute approximate surface area is 199 Å². The standard InChI is InChI=1S/C22H20N8O4S/c1-15-18(14-24-30(15)22-25-20(31)19-6-3-7-29(19)26-22)21(32)27-8-10-28(11-9-27)35(33,34)17-5-2-4-16(12-17)13-23/h2-7,12,14H,8-11H2,1H3,(H,25,26,31). The van der Waals surface area contributed by atoms with Gasteiger partial charge >= 0.3 is 0 Å². The SMILES string of the molecule is Cc1c(C(=O)N2CCN(S(=O)(=O)c3cccc(C#N)c3)CC2)cnn1-c1nn2cccc2c(=O)[nH]1. The number of carbonyl (C=O) groups is 1. The van der Waals surface area contributed by atoms with E-state index in [1.165, 1.54) is 37.9 Å². The van der Waals surface area contributed by atoms with Gasteiger partial charge < -0.3 is 4.90 Å². The molecule has 1 aromatic carbocycles. The third-order valence-corrected chi connectivity index (χ3v) is 7.85. The fourth-order valence-electron chi connectivity index (χ4n) is 4.04. The average Bonchev–Trinajstić information content (AvgIpc) is 3.50. The van der Waals surface area contributed by atoms with Gasteiger partial charge in [-0.2, -0.15) is 14.7 Å². The maximum Gasteiger partial charge on any atom is 0.276 e. The summed E-state index contributed by atoms with van der Waals surface area (Å²) < 4.78 is 30.1. The number of aromatic amines is 1. The van der Waals surface area contributed by atoms with Crippen molar-refractivity contribution in [3.8, 4) is 12.0 Å². The Hall–Kier alpha value is -4.28. The minimum atomic E-state index is -3.78. The lowest BCUT2D eigenvalue weighted by molar-refractivity contribution is 0.0697. The van der Waals surface area contributed by atoms with E-state index >= 15 is 0 Å². The molecule has 0 spiro atoms. The Morgan fingerprint density at radius 1 is 1.14 bits per heavy atom. The molecule has 1 saturated heterocycles. The molecule has 0 aliphatic carbocycles. The number of rotatable bonds is 4. The molecule has 13 heteroatoms. The lowest BCUT2D eigenvalue weighted by Gasteiger charge is -2.34. The third-order valence-electron chi connectivity index (χ3n) is 5.96. The van der Waals surface area contributed by atoms with Gasteiger partial charge in [-0.3, -0.25) is 14.6 Å². The number of nitrogens with one attached hydrogen (secondary N) is 1. The summed E-state index contributed by atoms with van der Waals surface area (Å²) in [6, 6.07) is 11.1. The van der Waals surface area contributed by atoms with Crippen LogP contribution in [-0.4, -0.2) is 74.1 Å². The highest BCUT2D eigenvalue weighted by Gasteiger charge is 2.31. The first-order chi connectivity index (χ1) is 16.8. The van der Waals surface area contributed by atoms with Crippen LogP contribution < -0.4 is 5.56 Å². The number of nitrogens with zero attached hydrogens (tertiary/aromatic N) is 7. The molecule has 0 unspecified atom stereocenters. The number of hydrogen-bond donors (Lipinski definition) is 1. The maximum absolute atomic E-state index is 13.2. The van der Waals surface area contributed by atoms with E-state index in [4.69, 9.17) is 5.26 Å². The van der Waals surface area contributed by atoms with Gasteiger partial charge in [-0.1, -0.05) is 6.07 Å². The second-order valence-corrected chi connectivity index (χ2v) is 9.95. The summed E-state index contributed by atoms with van der Waals surface area (Å²) in [6.45, 7) is 2.34. The Morgan fingerprint density at radius 2 is 1.91 bits per heavy atom. The first-order valence-corrected chi connectivity index (χ1v) is 12.2. The molecule has 5 rings (SSSR count). The van der Waals surface area contributed by atoms with E-state index in [-0.39, 0.29) is 54.1 Å². The second-order valence-electron chi connectivity index (χ2n) is 8.01. The zero-order valence-corrected chi connectivity index (χ0v) is 19.4. The molecule has 35 heavy (non-hydrogen) atoms. The monoisotopic (exact) mass is 492 g/mol. The van der Waals surface area contributed by atoms with Crippen LogP contribution in [0.1, 0.15) is 21.6 Å². The number of aromatic nitrogens is 5. The van der Waals surface area contributed by atoms with E-state index in [0.717, 1.165) is 0 Å². The first kappa shape index (κ1) is 22.5. The van der Waals surface area contributed by atoms with Crippen LogP contribution in [-0.2, 0) is 10.0 Å². The van der Waals surface area contributed by atoms with Crippen molar-refractivity contribution in [3.63, 3.8) is 0 Å². The third kappa shape index (κ3) is 3.88. The highest BCUT2D eigenvalue weighted by atomic mass is 32.2. The van der Waals surface area contributed by atoms with E-state index in [2.05, 4.69) is 15.2 Å². The fraction of sp³-hybridized carbons (Fsp3) is 0.227. The molecule has 3 aromatic heterocycles. The van der Waals surface area contributed by atoms with Crippen molar-refractivity contribution in [3.05, 3.63) is 76.0 Å². The van der Waals surface area contributed by atoms with E-state index in [9.17, 15) is 18.0 Å². The molecule has 1 aliphatic heterocycles. The van der Waals surface area contributed by atoms with Crippen LogP contribution >= 0.6 is 0 Å². The van der Waals surface area contributed by atoms with Gasteiger partial charge in [0, 0.05) is 32.4 Å². The topological polar surface area (TPSA) is 149 Å². The Morgan fingerprint density at radius 3 is 2.66 bits per heavy atom. The van der Waals surface area contributed by atoms with Crippen LogP contribution in [0.4, 0.5) is 0 Å². The van der Waals surface area contributed by atoms with E-state index in [1.807, 2.05) is 6.07 Å². The number of nitriles is 1. The molecule has 12 nitrogen and oxygen atoms in total. The van der Waals surface area contributed by atoms with Crippen molar-refractivity contribution in [2.45, 2.75) is 11.8 Å². The number of sulfonamides is 1. The first-order valence-electron chi connectivity index (χ1n) is 10.7.